The Morgan fingerprint density at radius 1 is 1.07 bits per heavy atom. The van der Waals surface area contributed by atoms with Crippen LogP contribution in [0, 0.1) is 11.3 Å². The van der Waals surface area contributed by atoms with Crippen molar-refractivity contribution in [2.75, 3.05) is 0 Å². The Morgan fingerprint density at radius 3 is 2.68 bits per heavy atom. The standard InChI is InChI=1S/C22H17N5O/c23-13-6-14-27-15-17(21(26-27)16-7-2-1-3-8-16)11-12-20-24-19-10-5-4-9-18(19)22(28)25-20/h1-5,7-12,15H,6,14H2,(H,24,25,28)/b12-11+. The van der Waals surface area contributed by atoms with Crippen LogP contribution in [0.5, 0.6) is 0 Å². The van der Waals surface area contributed by atoms with Gasteiger partial charge in [-0.1, -0.05) is 42.5 Å². The number of hydrogen-bond acceptors (Lipinski definition) is 4. The zero-order chi connectivity index (χ0) is 19.3. The van der Waals surface area contributed by atoms with Crippen LogP contribution in [0.15, 0.2) is 65.6 Å². The predicted octanol–water partition coefficient (Wildman–Crippen LogP) is 3.87. The summed E-state index contributed by atoms with van der Waals surface area (Å²) in [5.74, 6) is 0.479. The second-order valence-corrected chi connectivity index (χ2v) is 6.27. The van der Waals surface area contributed by atoms with Gasteiger partial charge < -0.3 is 4.98 Å². The van der Waals surface area contributed by atoms with Gasteiger partial charge >= 0.3 is 0 Å². The van der Waals surface area contributed by atoms with E-state index in [9.17, 15) is 4.79 Å². The summed E-state index contributed by atoms with van der Waals surface area (Å²) in [6.45, 7) is 0.523. The van der Waals surface area contributed by atoms with Crippen molar-refractivity contribution in [3.8, 4) is 17.3 Å². The van der Waals surface area contributed by atoms with Crippen molar-refractivity contribution < 1.29 is 0 Å². The van der Waals surface area contributed by atoms with Crippen LogP contribution in [0.1, 0.15) is 17.8 Å². The molecule has 28 heavy (non-hydrogen) atoms. The van der Waals surface area contributed by atoms with E-state index in [1.165, 1.54) is 0 Å². The maximum atomic E-state index is 12.2. The number of aromatic nitrogens is 4. The second-order valence-electron chi connectivity index (χ2n) is 6.27. The third-order valence-corrected chi connectivity index (χ3v) is 4.34. The molecule has 0 amide bonds. The van der Waals surface area contributed by atoms with Crippen LogP contribution in [-0.4, -0.2) is 19.7 Å². The third-order valence-electron chi connectivity index (χ3n) is 4.34. The van der Waals surface area contributed by atoms with Crippen molar-refractivity contribution >= 4 is 23.1 Å². The first-order chi connectivity index (χ1) is 13.7. The van der Waals surface area contributed by atoms with E-state index in [4.69, 9.17) is 5.26 Å². The fraction of sp³-hybridized carbons (Fsp3) is 0.0909. The maximum absolute atomic E-state index is 12.2. The molecular formula is C22H17N5O. The summed E-state index contributed by atoms with van der Waals surface area (Å²) < 4.78 is 1.77. The van der Waals surface area contributed by atoms with Gasteiger partial charge in [0.1, 0.15) is 5.82 Å². The van der Waals surface area contributed by atoms with Gasteiger partial charge in [-0.2, -0.15) is 10.4 Å². The monoisotopic (exact) mass is 367 g/mol. The van der Waals surface area contributed by atoms with Gasteiger partial charge in [-0.3, -0.25) is 9.48 Å². The number of para-hydroxylation sites is 1. The van der Waals surface area contributed by atoms with E-state index in [0.717, 1.165) is 16.8 Å². The van der Waals surface area contributed by atoms with E-state index >= 15 is 0 Å². The Labute approximate surface area is 161 Å². The maximum Gasteiger partial charge on any atom is 0.259 e. The first kappa shape index (κ1) is 17.4. The van der Waals surface area contributed by atoms with Crippen molar-refractivity contribution in [1.29, 1.82) is 5.26 Å². The molecule has 0 atom stereocenters. The quantitative estimate of drug-likeness (QED) is 0.580. The van der Waals surface area contributed by atoms with Crippen molar-refractivity contribution in [1.82, 2.24) is 19.7 Å². The van der Waals surface area contributed by atoms with E-state index in [1.807, 2.05) is 60.8 Å². The highest BCUT2D eigenvalue weighted by atomic mass is 16.1. The van der Waals surface area contributed by atoms with Gasteiger partial charge in [-0.25, -0.2) is 4.98 Å². The zero-order valence-corrected chi connectivity index (χ0v) is 15.0. The largest absolute Gasteiger partial charge is 0.306 e. The highest BCUT2D eigenvalue weighted by Crippen LogP contribution is 2.23. The van der Waals surface area contributed by atoms with Crippen molar-refractivity contribution in [3.63, 3.8) is 0 Å². The molecule has 0 aliphatic carbocycles. The lowest BCUT2D eigenvalue weighted by Crippen LogP contribution is -2.09. The number of hydrogen-bond donors (Lipinski definition) is 1. The number of rotatable bonds is 5. The number of H-pyrrole nitrogens is 1. The average Bonchev–Trinajstić information content (AvgIpc) is 3.14. The van der Waals surface area contributed by atoms with Crippen LogP contribution in [0.2, 0.25) is 0 Å². The van der Waals surface area contributed by atoms with E-state index in [1.54, 1.807) is 16.8 Å². The number of nitrogens with one attached hydrogen (secondary N) is 1. The number of nitriles is 1. The molecule has 0 fully saturated rings. The Kier molecular flexibility index (Phi) is 4.81. The Morgan fingerprint density at radius 2 is 1.86 bits per heavy atom. The lowest BCUT2D eigenvalue weighted by atomic mass is 10.1. The minimum absolute atomic E-state index is 0.168. The summed E-state index contributed by atoms with van der Waals surface area (Å²) in [6.07, 6.45) is 5.94. The molecule has 0 spiro atoms. The van der Waals surface area contributed by atoms with E-state index in [2.05, 4.69) is 21.1 Å². The number of aromatic amines is 1. The molecule has 0 aliphatic heterocycles. The van der Waals surface area contributed by atoms with Gasteiger partial charge in [0.25, 0.3) is 5.56 Å². The molecule has 0 unspecified atom stereocenters. The summed E-state index contributed by atoms with van der Waals surface area (Å²) in [5, 5.41) is 14.0. The highest BCUT2D eigenvalue weighted by Gasteiger charge is 2.09. The van der Waals surface area contributed by atoms with Crippen molar-refractivity contribution in [2.45, 2.75) is 13.0 Å². The molecule has 0 bridgehead atoms. The van der Waals surface area contributed by atoms with Crippen molar-refractivity contribution in [3.05, 3.63) is 82.5 Å². The minimum Gasteiger partial charge on any atom is -0.306 e. The molecule has 6 nitrogen and oxygen atoms in total. The number of fused-ring (bicyclic) bond motifs is 1. The second kappa shape index (κ2) is 7.72. The topological polar surface area (TPSA) is 87.4 Å². The normalized spacial score (nSPS) is 11.1. The molecule has 2 aromatic carbocycles. The van der Waals surface area contributed by atoms with Crippen LogP contribution < -0.4 is 5.56 Å². The highest BCUT2D eigenvalue weighted by molar-refractivity contribution is 5.80. The lowest BCUT2D eigenvalue weighted by Gasteiger charge is -1.99. The van der Waals surface area contributed by atoms with Crippen LogP contribution in [0.3, 0.4) is 0 Å². The molecule has 136 valence electrons. The number of aryl methyl sites for hydroxylation is 1. The summed E-state index contributed by atoms with van der Waals surface area (Å²) in [4.78, 5) is 19.5. The molecule has 4 aromatic rings. The lowest BCUT2D eigenvalue weighted by molar-refractivity contribution is 0.629. The SMILES string of the molecule is N#CCCn1cc(/C=C/c2nc3ccccc3c(=O)[nH]2)c(-c2ccccc2)n1. The van der Waals surface area contributed by atoms with E-state index < -0.39 is 0 Å². The third kappa shape index (κ3) is 3.60. The number of nitrogens with zero attached hydrogens (tertiary/aromatic N) is 4. The minimum atomic E-state index is -0.168. The van der Waals surface area contributed by atoms with Gasteiger partial charge in [0.05, 0.1) is 35.6 Å². The average molecular weight is 367 g/mol. The zero-order valence-electron chi connectivity index (χ0n) is 15.0. The van der Waals surface area contributed by atoms with E-state index in [0.29, 0.717) is 29.7 Å². The van der Waals surface area contributed by atoms with Crippen molar-refractivity contribution in [2.24, 2.45) is 0 Å². The molecule has 0 saturated heterocycles. The smallest absolute Gasteiger partial charge is 0.259 e. The molecule has 4 rings (SSSR count). The van der Waals surface area contributed by atoms with Gasteiger partial charge in [-0.15, -0.1) is 0 Å². The molecular weight excluding hydrogens is 350 g/mol. The predicted molar refractivity (Wildman–Crippen MR) is 109 cm³/mol. The molecule has 0 saturated carbocycles. The van der Waals surface area contributed by atoms with Gasteiger partial charge in [0, 0.05) is 17.3 Å². The summed E-state index contributed by atoms with van der Waals surface area (Å²) in [5.41, 5.74) is 3.17. The molecule has 0 aliphatic rings. The number of benzene rings is 2. The van der Waals surface area contributed by atoms with Gasteiger partial charge in [0.15, 0.2) is 0 Å². The molecule has 1 N–H and O–H groups in total. The Bertz CT molecular complexity index is 1250. The van der Waals surface area contributed by atoms with Crippen LogP contribution in [0.4, 0.5) is 0 Å². The van der Waals surface area contributed by atoms with Crippen LogP contribution in [-0.2, 0) is 6.54 Å². The molecule has 6 heteroatoms. The summed E-state index contributed by atoms with van der Waals surface area (Å²) in [7, 11) is 0. The van der Waals surface area contributed by atoms with Crippen LogP contribution in [0.25, 0.3) is 34.3 Å². The fourth-order valence-corrected chi connectivity index (χ4v) is 3.01. The first-order valence-electron chi connectivity index (χ1n) is 8.91. The van der Waals surface area contributed by atoms with Crippen LogP contribution >= 0.6 is 0 Å². The molecule has 2 heterocycles. The Balaban J connectivity index is 1.73. The summed E-state index contributed by atoms with van der Waals surface area (Å²) in [6, 6.07) is 19.2. The van der Waals surface area contributed by atoms with E-state index in [-0.39, 0.29) is 5.56 Å². The summed E-state index contributed by atoms with van der Waals surface area (Å²) >= 11 is 0. The Hall–Kier alpha value is -3.98. The molecule has 2 aromatic heterocycles. The molecule has 0 radical (unpaired) electrons. The first-order valence-corrected chi connectivity index (χ1v) is 8.91. The fourth-order valence-electron chi connectivity index (χ4n) is 3.01. The van der Waals surface area contributed by atoms with Gasteiger partial charge in [0.2, 0.25) is 0 Å². The van der Waals surface area contributed by atoms with Gasteiger partial charge in [-0.05, 0) is 24.3 Å².